The Morgan fingerprint density at radius 3 is 2.84 bits per heavy atom. The predicted octanol–water partition coefficient (Wildman–Crippen LogP) is 1.91. The first kappa shape index (κ1) is 14.8. The number of hydrogen-bond donors (Lipinski definition) is 1. The van der Waals surface area contributed by atoms with Gasteiger partial charge in [0.15, 0.2) is 0 Å². The lowest BCUT2D eigenvalue weighted by Gasteiger charge is -2.37. The minimum Gasteiger partial charge on any atom is -0.377 e. The number of rotatable bonds is 7. The third-order valence-electron chi connectivity index (χ3n) is 3.91. The van der Waals surface area contributed by atoms with Crippen molar-refractivity contribution in [2.24, 2.45) is 0 Å². The number of piperidine rings is 1. The molecule has 0 spiro atoms. The van der Waals surface area contributed by atoms with Gasteiger partial charge >= 0.3 is 0 Å². The smallest absolute Gasteiger partial charge is 0.116 e. The van der Waals surface area contributed by atoms with Crippen LogP contribution in [-0.4, -0.2) is 48.8 Å². The Morgan fingerprint density at radius 1 is 1.42 bits per heavy atom. The minimum atomic E-state index is -0.409. The molecular weight excluding hydrogens is 238 g/mol. The van der Waals surface area contributed by atoms with Gasteiger partial charge < -0.3 is 4.74 Å². The monoisotopic (exact) mass is 265 g/mol. The van der Waals surface area contributed by atoms with E-state index in [-0.39, 0.29) is 0 Å². The fourth-order valence-electron chi connectivity index (χ4n) is 2.82. The van der Waals surface area contributed by atoms with Gasteiger partial charge in [0.2, 0.25) is 0 Å². The Labute approximate surface area is 117 Å². The Kier molecular flexibility index (Phi) is 5.20. The Hall–Kier alpha value is -0.630. The number of hydrogen-bond acceptors (Lipinski definition) is 4. The van der Waals surface area contributed by atoms with Crippen LogP contribution in [0.2, 0.25) is 0 Å². The quantitative estimate of drug-likeness (QED) is 0.764. The predicted molar refractivity (Wildman–Crippen MR) is 75.9 cm³/mol. The molecule has 1 N–H and O–H groups in total. The molecule has 0 amide bonds. The molecule has 2 rings (SSSR count). The van der Waals surface area contributed by atoms with E-state index >= 15 is 0 Å². The molecule has 4 nitrogen and oxygen atoms in total. The summed E-state index contributed by atoms with van der Waals surface area (Å²) in [6.45, 7) is 7.91. The molecule has 1 aliphatic carbocycles. The fourth-order valence-corrected chi connectivity index (χ4v) is 2.82. The van der Waals surface area contributed by atoms with Crippen LogP contribution in [0.15, 0.2) is 0 Å². The van der Waals surface area contributed by atoms with E-state index in [4.69, 9.17) is 4.74 Å². The highest BCUT2D eigenvalue weighted by molar-refractivity contribution is 5.09. The van der Waals surface area contributed by atoms with Crippen molar-refractivity contribution in [3.8, 4) is 6.07 Å². The van der Waals surface area contributed by atoms with E-state index in [1.807, 2.05) is 6.92 Å². The lowest BCUT2D eigenvalue weighted by atomic mass is 10.0. The highest BCUT2D eigenvalue weighted by Crippen LogP contribution is 2.23. The van der Waals surface area contributed by atoms with Crippen LogP contribution in [0, 0.1) is 11.3 Å². The van der Waals surface area contributed by atoms with Crippen LogP contribution in [0.3, 0.4) is 0 Å². The van der Waals surface area contributed by atoms with Gasteiger partial charge in [-0.05, 0) is 45.6 Å². The van der Waals surface area contributed by atoms with Crippen LogP contribution >= 0.6 is 0 Å². The number of likely N-dealkylation sites (tertiary alicyclic amines) is 1. The summed E-state index contributed by atoms with van der Waals surface area (Å²) in [4.78, 5) is 2.39. The maximum absolute atomic E-state index is 9.43. The Bertz CT molecular complexity index is 324. The second kappa shape index (κ2) is 6.69. The van der Waals surface area contributed by atoms with E-state index in [0.717, 1.165) is 39.1 Å². The van der Waals surface area contributed by atoms with Crippen molar-refractivity contribution in [1.29, 1.82) is 5.26 Å². The third kappa shape index (κ3) is 4.76. The minimum absolute atomic E-state index is 0.359. The zero-order valence-electron chi connectivity index (χ0n) is 12.3. The molecule has 2 fully saturated rings. The van der Waals surface area contributed by atoms with Crippen molar-refractivity contribution in [1.82, 2.24) is 10.2 Å². The van der Waals surface area contributed by atoms with Gasteiger partial charge in [-0.15, -0.1) is 0 Å². The Balaban J connectivity index is 1.81. The molecule has 4 heteroatoms. The van der Waals surface area contributed by atoms with Gasteiger partial charge in [0.1, 0.15) is 5.54 Å². The molecular formula is C15H27N3O. The van der Waals surface area contributed by atoms with Gasteiger partial charge in [-0.25, -0.2) is 0 Å². The van der Waals surface area contributed by atoms with Gasteiger partial charge in [-0.1, -0.05) is 6.92 Å². The summed E-state index contributed by atoms with van der Waals surface area (Å²) in [6, 6.07) is 3.03. The molecule has 0 aromatic heterocycles. The standard InChI is InChI=1S/C15H27N3O/c1-3-9-19-14-5-4-8-18(10-14)12-15(2,11-16)17-13-6-7-13/h13-14,17H,3-10,12H2,1-2H3. The van der Waals surface area contributed by atoms with Crippen LogP contribution in [-0.2, 0) is 4.74 Å². The SMILES string of the molecule is CCCOC1CCCN(CC(C)(C#N)NC2CC2)C1. The van der Waals surface area contributed by atoms with Gasteiger partial charge in [-0.3, -0.25) is 10.2 Å². The highest BCUT2D eigenvalue weighted by Gasteiger charge is 2.35. The molecule has 0 radical (unpaired) electrons. The van der Waals surface area contributed by atoms with E-state index in [9.17, 15) is 5.26 Å². The van der Waals surface area contributed by atoms with Gasteiger partial charge in [0.05, 0.1) is 12.2 Å². The molecule has 1 saturated heterocycles. The molecule has 1 heterocycles. The lowest BCUT2D eigenvalue weighted by molar-refractivity contribution is -0.00416. The number of nitriles is 1. The summed E-state index contributed by atoms with van der Waals surface area (Å²) in [5.41, 5.74) is -0.409. The van der Waals surface area contributed by atoms with Crippen molar-refractivity contribution in [3.05, 3.63) is 0 Å². The van der Waals surface area contributed by atoms with E-state index in [1.165, 1.54) is 19.3 Å². The molecule has 108 valence electrons. The van der Waals surface area contributed by atoms with Crippen LogP contribution in [0.4, 0.5) is 0 Å². The number of nitrogens with one attached hydrogen (secondary N) is 1. The summed E-state index contributed by atoms with van der Waals surface area (Å²) in [6.07, 6.45) is 6.22. The van der Waals surface area contributed by atoms with Gasteiger partial charge in [-0.2, -0.15) is 5.26 Å². The average Bonchev–Trinajstić information content (AvgIpc) is 3.20. The number of nitrogens with zero attached hydrogens (tertiary/aromatic N) is 2. The second-order valence-electron chi connectivity index (χ2n) is 6.23. The summed E-state index contributed by atoms with van der Waals surface area (Å²) >= 11 is 0. The molecule has 1 aliphatic heterocycles. The van der Waals surface area contributed by atoms with Crippen LogP contribution in [0.5, 0.6) is 0 Å². The lowest BCUT2D eigenvalue weighted by Crippen LogP contribution is -2.54. The third-order valence-corrected chi connectivity index (χ3v) is 3.91. The molecule has 2 atom stereocenters. The van der Waals surface area contributed by atoms with Crippen molar-refractivity contribution < 1.29 is 4.74 Å². The summed E-state index contributed by atoms with van der Waals surface area (Å²) < 4.78 is 5.86. The van der Waals surface area contributed by atoms with E-state index in [0.29, 0.717) is 12.1 Å². The molecule has 2 aliphatic rings. The van der Waals surface area contributed by atoms with Crippen molar-refractivity contribution in [2.45, 2.75) is 63.6 Å². The van der Waals surface area contributed by atoms with Crippen LogP contribution < -0.4 is 5.32 Å². The molecule has 0 bridgehead atoms. The zero-order chi connectivity index (χ0) is 13.7. The summed E-state index contributed by atoms with van der Waals surface area (Å²) in [7, 11) is 0. The average molecular weight is 265 g/mol. The highest BCUT2D eigenvalue weighted by atomic mass is 16.5. The molecule has 19 heavy (non-hydrogen) atoms. The van der Waals surface area contributed by atoms with E-state index < -0.39 is 5.54 Å². The van der Waals surface area contributed by atoms with Crippen LogP contribution in [0.25, 0.3) is 0 Å². The normalized spacial score (nSPS) is 27.7. The first-order valence-corrected chi connectivity index (χ1v) is 7.68. The first-order chi connectivity index (χ1) is 9.15. The summed E-state index contributed by atoms with van der Waals surface area (Å²) in [5.74, 6) is 0. The molecule has 2 unspecified atom stereocenters. The molecule has 0 aromatic carbocycles. The van der Waals surface area contributed by atoms with Crippen molar-refractivity contribution in [3.63, 3.8) is 0 Å². The second-order valence-corrected chi connectivity index (χ2v) is 6.23. The van der Waals surface area contributed by atoms with Crippen molar-refractivity contribution >= 4 is 0 Å². The number of ether oxygens (including phenoxy) is 1. The largest absolute Gasteiger partial charge is 0.377 e. The Morgan fingerprint density at radius 2 is 2.21 bits per heavy atom. The van der Waals surface area contributed by atoms with E-state index in [2.05, 4.69) is 23.2 Å². The van der Waals surface area contributed by atoms with Crippen LogP contribution in [0.1, 0.15) is 46.0 Å². The fraction of sp³-hybridized carbons (Fsp3) is 0.933. The van der Waals surface area contributed by atoms with Crippen molar-refractivity contribution in [2.75, 3.05) is 26.2 Å². The summed E-state index contributed by atoms with van der Waals surface area (Å²) in [5, 5.41) is 12.9. The molecule has 0 aromatic rings. The molecule has 1 saturated carbocycles. The van der Waals surface area contributed by atoms with Gasteiger partial charge in [0.25, 0.3) is 0 Å². The van der Waals surface area contributed by atoms with E-state index in [1.54, 1.807) is 0 Å². The van der Waals surface area contributed by atoms with Gasteiger partial charge in [0, 0.05) is 25.7 Å². The zero-order valence-corrected chi connectivity index (χ0v) is 12.3. The topological polar surface area (TPSA) is 48.3 Å². The maximum atomic E-state index is 9.43. The first-order valence-electron chi connectivity index (χ1n) is 7.68. The maximum Gasteiger partial charge on any atom is 0.116 e.